The first-order valence-corrected chi connectivity index (χ1v) is 27.1. The molecule has 0 saturated carbocycles. The Morgan fingerprint density at radius 1 is 0.483 bits per heavy atom. The minimum absolute atomic E-state index is 0.630. The summed E-state index contributed by atoms with van der Waals surface area (Å²) in [6.45, 7) is 31.2. The summed E-state index contributed by atoms with van der Waals surface area (Å²) in [5, 5.41) is 20.3. The summed E-state index contributed by atoms with van der Waals surface area (Å²) >= 11 is 0. The molecule has 0 N–H and O–H groups in total. The van der Waals surface area contributed by atoms with E-state index in [0.717, 1.165) is 34.1 Å². The van der Waals surface area contributed by atoms with E-state index in [0.29, 0.717) is 11.3 Å². The number of benzene rings is 8. The Balaban J connectivity index is 1.56. The van der Waals surface area contributed by atoms with Crippen molar-refractivity contribution in [3.8, 4) is 6.07 Å². The molecule has 6 heteroatoms. The molecule has 8 aromatic rings. The van der Waals surface area contributed by atoms with Crippen molar-refractivity contribution in [2.75, 3.05) is 9.80 Å². The van der Waals surface area contributed by atoms with Crippen LogP contribution in [0.4, 0.5) is 39.8 Å². The van der Waals surface area contributed by atoms with Crippen molar-refractivity contribution in [2.45, 2.75) is 67.0 Å². The van der Waals surface area contributed by atoms with E-state index < -0.39 is 16.1 Å². The number of aryl methyl sites for hydroxylation is 4. The predicted molar refractivity (Wildman–Crippen MR) is 255 cm³/mol. The van der Waals surface area contributed by atoms with E-state index in [4.69, 9.17) is 6.57 Å². The third-order valence-corrected chi connectivity index (χ3v) is 15.7. The minimum Gasteiger partial charge on any atom is -0.310 e. The van der Waals surface area contributed by atoms with Crippen LogP contribution in [0.1, 0.15) is 27.8 Å². The van der Waals surface area contributed by atoms with Crippen LogP contribution in [-0.4, -0.2) is 16.1 Å². The largest absolute Gasteiger partial charge is 0.310 e. The Kier molecular flexibility index (Phi) is 9.55. The summed E-state index contributed by atoms with van der Waals surface area (Å²) in [6, 6.07) is 46.4. The van der Waals surface area contributed by atoms with Crippen LogP contribution in [0.25, 0.3) is 37.2 Å². The molecule has 0 bridgehead atoms. The molecule has 0 unspecified atom stereocenters. The van der Waals surface area contributed by atoms with E-state index in [9.17, 15) is 5.26 Å². The molecule has 0 saturated heterocycles. The second-order valence-corrected chi connectivity index (χ2v) is 28.1. The molecule has 0 amide bonds. The van der Waals surface area contributed by atoms with E-state index in [2.05, 4.69) is 185 Å². The molecule has 0 atom stereocenters. The van der Waals surface area contributed by atoms with Crippen LogP contribution < -0.4 is 20.2 Å². The van der Waals surface area contributed by atoms with Crippen molar-refractivity contribution < 1.29 is 0 Å². The van der Waals surface area contributed by atoms with Gasteiger partial charge >= 0.3 is 0 Å². The summed E-state index contributed by atoms with van der Waals surface area (Å²) in [5.74, 6) is 0. The molecule has 0 aliphatic carbocycles. The topological polar surface area (TPSA) is 34.6 Å². The number of hydrogen-bond acceptors (Lipinski definition) is 3. The Labute approximate surface area is 345 Å². The smallest absolute Gasteiger partial charge is 0.187 e. The molecule has 0 heterocycles. The van der Waals surface area contributed by atoms with Crippen LogP contribution in [0.2, 0.25) is 39.3 Å². The number of hydrogen-bond donors (Lipinski definition) is 0. The zero-order chi connectivity index (χ0) is 41.3. The monoisotopic (exact) mass is 786 g/mol. The van der Waals surface area contributed by atoms with Crippen LogP contribution in [0.5, 0.6) is 0 Å². The Morgan fingerprint density at radius 2 is 0.879 bits per heavy atom. The number of nitriles is 1. The first-order chi connectivity index (χ1) is 27.6. The summed E-state index contributed by atoms with van der Waals surface area (Å²) in [7, 11) is -3.91. The van der Waals surface area contributed by atoms with Crippen LogP contribution in [0.3, 0.4) is 0 Å². The Bertz CT molecular complexity index is 2770. The molecule has 4 nitrogen and oxygen atoms in total. The number of anilines is 6. The summed E-state index contributed by atoms with van der Waals surface area (Å²) in [6.07, 6.45) is 0. The number of nitrogens with zero attached hydrogens (tertiary/aromatic N) is 4. The van der Waals surface area contributed by atoms with Gasteiger partial charge in [0.25, 0.3) is 0 Å². The normalized spacial score (nSPS) is 11.9. The van der Waals surface area contributed by atoms with Crippen LogP contribution in [0, 0.1) is 45.6 Å². The standard InChI is InChI=1S/C52H50N4Si2/c1-33-12-14-35(3)45(28-33)55(39-20-16-37(32-53)17-21-39)47-30-49(57(6,7)8)43-27-25-42-48(31-50(58(9,10)11)44-26-24-41(47)51(43)52(42)44)56(40-22-18-38(54-5)19-23-40)46-29-34(2)13-15-36(46)4/h12-31H,1-4,6-11H3. The quantitative estimate of drug-likeness (QED) is 0.0874. The van der Waals surface area contributed by atoms with Gasteiger partial charge in [0.05, 0.1) is 45.7 Å². The SMILES string of the molecule is [C-]#[N+]c1ccc(N(c2cc(C)ccc2C)c2cc([Si](C)(C)C)c3ccc4c(N(c5ccc(C#N)cc5)c5cc(C)ccc5C)cc([Si](C)(C)C)c5ccc2c3c45)cc1. The van der Waals surface area contributed by atoms with E-state index in [1.54, 1.807) is 0 Å². The molecule has 0 fully saturated rings. The average Bonchev–Trinajstić information content (AvgIpc) is 3.19. The van der Waals surface area contributed by atoms with Crippen molar-refractivity contribution in [3.05, 3.63) is 161 Å². The molecule has 0 aliphatic rings. The highest BCUT2D eigenvalue weighted by Crippen LogP contribution is 2.48. The van der Waals surface area contributed by atoms with Gasteiger partial charge in [0.1, 0.15) is 0 Å². The molecule has 8 rings (SSSR count). The minimum atomic E-state index is -1.95. The Morgan fingerprint density at radius 3 is 1.26 bits per heavy atom. The van der Waals surface area contributed by atoms with Gasteiger partial charge in [-0.1, -0.05) is 110 Å². The lowest BCUT2D eigenvalue weighted by molar-refractivity contribution is 1.25. The van der Waals surface area contributed by atoms with Crippen molar-refractivity contribution in [1.29, 1.82) is 5.26 Å². The van der Waals surface area contributed by atoms with Crippen molar-refractivity contribution in [2.24, 2.45) is 0 Å². The highest BCUT2D eigenvalue weighted by Gasteiger charge is 2.31. The maximum atomic E-state index is 9.77. The van der Waals surface area contributed by atoms with Crippen molar-refractivity contribution in [1.82, 2.24) is 0 Å². The van der Waals surface area contributed by atoms with Gasteiger partial charge in [-0.15, -0.1) is 0 Å². The Hall–Kier alpha value is -6.19. The molecule has 0 spiro atoms. The van der Waals surface area contributed by atoms with E-state index in [1.165, 1.54) is 64.9 Å². The van der Waals surface area contributed by atoms with Crippen LogP contribution in [-0.2, 0) is 0 Å². The lowest BCUT2D eigenvalue weighted by atomic mass is 9.91. The first-order valence-electron chi connectivity index (χ1n) is 20.1. The van der Waals surface area contributed by atoms with Gasteiger partial charge in [0, 0.05) is 33.5 Å². The molecule has 0 aliphatic heterocycles. The van der Waals surface area contributed by atoms with Crippen molar-refractivity contribution in [3.63, 3.8) is 0 Å². The molecule has 0 aromatic heterocycles. The fourth-order valence-electron chi connectivity index (χ4n) is 8.66. The third kappa shape index (κ3) is 6.63. The average molecular weight is 787 g/mol. The van der Waals surface area contributed by atoms with E-state index in [-0.39, 0.29) is 0 Å². The van der Waals surface area contributed by atoms with E-state index in [1.807, 2.05) is 24.3 Å². The van der Waals surface area contributed by atoms with E-state index >= 15 is 0 Å². The fourth-order valence-corrected chi connectivity index (χ4v) is 11.8. The predicted octanol–water partition coefficient (Wildman–Crippen LogP) is 14.3. The molecule has 0 radical (unpaired) electrons. The summed E-state index contributed by atoms with van der Waals surface area (Å²) in [5.41, 5.74) is 12.7. The second-order valence-electron chi connectivity index (χ2n) is 18.0. The lowest BCUT2D eigenvalue weighted by Crippen LogP contribution is -2.39. The summed E-state index contributed by atoms with van der Waals surface area (Å²) in [4.78, 5) is 8.60. The highest BCUT2D eigenvalue weighted by atomic mass is 28.3. The van der Waals surface area contributed by atoms with Gasteiger partial charge in [0.15, 0.2) is 5.69 Å². The van der Waals surface area contributed by atoms with Crippen LogP contribution >= 0.6 is 0 Å². The number of rotatable bonds is 8. The second kappa shape index (κ2) is 14.3. The van der Waals surface area contributed by atoms with Crippen LogP contribution in [0.15, 0.2) is 121 Å². The van der Waals surface area contributed by atoms with Gasteiger partial charge in [-0.25, -0.2) is 4.85 Å². The third-order valence-electron chi connectivity index (χ3n) is 11.7. The molecule has 8 aromatic carbocycles. The van der Waals surface area contributed by atoms with Crippen molar-refractivity contribution >= 4 is 98.7 Å². The maximum absolute atomic E-state index is 9.77. The van der Waals surface area contributed by atoms with Gasteiger partial charge in [-0.05, 0) is 132 Å². The molecule has 58 heavy (non-hydrogen) atoms. The first kappa shape index (κ1) is 38.7. The molecular weight excluding hydrogens is 737 g/mol. The molecular formula is C52H50N4Si2. The lowest BCUT2D eigenvalue weighted by Gasteiger charge is -2.34. The summed E-state index contributed by atoms with van der Waals surface area (Å²) < 4.78 is 0. The zero-order valence-corrected chi connectivity index (χ0v) is 37.3. The molecule has 286 valence electrons. The van der Waals surface area contributed by atoms with Gasteiger partial charge < -0.3 is 9.80 Å². The zero-order valence-electron chi connectivity index (χ0n) is 35.3. The van der Waals surface area contributed by atoms with Gasteiger partial charge in [-0.3, -0.25) is 0 Å². The van der Waals surface area contributed by atoms with Gasteiger partial charge in [0.2, 0.25) is 0 Å². The maximum Gasteiger partial charge on any atom is 0.187 e. The fraction of sp³-hybridized carbons (Fsp3) is 0.192. The van der Waals surface area contributed by atoms with Gasteiger partial charge in [-0.2, -0.15) is 5.26 Å². The highest BCUT2D eigenvalue weighted by molar-refractivity contribution is 6.91.